The summed E-state index contributed by atoms with van der Waals surface area (Å²) in [5.41, 5.74) is 0.878. The van der Waals surface area contributed by atoms with Gasteiger partial charge in [0.15, 0.2) is 0 Å². The molecule has 0 aromatic heterocycles. The van der Waals surface area contributed by atoms with Crippen LogP contribution in [0.15, 0.2) is 48.5 Å². The highest BCUT2D eigenvalue weighted by Gasteiger charge is 2.03. The van der Waals surface area contributed by atoms with E-state index in [9.17, 15) is 0 Å². The standard InChI is InChI=1S/C16H13O2/c1-3-7-13-10-15(17-2)12-16(11-13)18-14-8-5-4-6-9-14/h1,4-12H,2H3. The Kier molecular flexibility index (Phi) is 3.88. The molecule has 0 aliphatic heterocycles. The predicted molar refractivity (Wildman–Crippen MR) is 71.7 cm³/mol. The van der Waals surface area contributed by atoms with Gasteiger partial charge in [0, 0.05) is 6.07 Å². The van der Waals surface area contributed by atoms with Gasteiger partial charge in [0.05, 0.1) is 13.5 Å². The van der Waals surface area contributed by atoms with Crippen LogP contribution in [0, 0.1) is 18.8 Å². The second kappa shape index (κ2) is 5.79. The third-order valence-electron chi connectivity index (χ3n) is 2.37. The highest BCUT2D eigenvalue weighted by molar-refractivity contribution is 5.45. The minimum atomic E-state index is 0.696. The van der Waals surface area contributed by atoms with E-state index >= 15 is 0 Å². The van der Waals surface area contributed by atoms with Gasteiger partial charge in [-0.1, -0.05) is 24.1 Å². The fourth-order valence-corrected chi connectivity index (χ4v) is 1.57. The Labute approximate surface area is 107 Å². The van der Waals surface area contributed by atoms with Crippen LogP contribution in [0.2, 0.25) is 0 Å². The summed E-state index contributed by atoms with van der Waals surface area (Å²) in [6, 6.07) is 15.1. The Morgan fingerprint density at radius 2 is 1.72 bits per heavy atom. The monoisotopic (exact) mass is 237 g/mol. The summed E-state index contributed by atoms with van der Waals surface area (Å²) in [6.07, 6.45) is 6.93. The second-order valence-corrected chi connectivity index (χ2v) is 3.67. The Bertz CT molecular complexity index is 553. The number of hydrogen-bond acceptors (Lipinski definition) is 2. The fraction of sp³-hybridized carbons (Fsp3) is 0.0625. The summed E-state index contributed by atoms with van der Waals surface area (Å²) in [6.45, 7) is 0. The fourth-order valence-electron chi connectivity index (χ4n) is 1.57. The Balaban J connectivity index is 2.27. The number of para-hydroxylation sites is 1. The molecule has 2 nitrogen and oxygen atoms in total. The van der Waals surface area contributed by atoms with E-state index in [1.54, 1.807) is 13.5 Å². The third-order valence-corrected chi connectivity index (χ3v) is 2.37. The van der Waals surface area contributed by atoms with Gasteiger partial charge in [0.25, 0.3) is 0 Å². The van der Waals surface area contributed by atoms with Crippen molar-refractivity contribution in [2.75, 3.05) is 7.11 Å². The van der Waals surface area contributed by atoms with E-state index in [0.29, 0.717) is 11.5 Å². The first-order chi connectivity index (χ1) is 8.81. The smallest absolute Gasteiger partial charge is 0.131 e. The van der Waals surface area contributed by atoms with Crippen LogP contribution < -0.4 is 9.47 Å². The Morgan fingerprint density at radius 3 is 2.39 bits per heavy atom. The van der Waals surface area contributed by atoms with Gasteiger partial charge >= 0.3 is 0 Å². The first-order valence-corrected chi connectivity index (χ1v) is 5.53. The van der Waals surface area contributed by atoms with E-state index < -0.39 is 0 Å². The first-order valence-electron chi connectivity index (χ1n) is 5.53. The van der Waals surface area contributed by atoms with E-state index in [2.05, 4.69) is 5.92 Å². The number of hydrogen-bond donors (Lipinski definition) is 0. The molecule has 2 rings (SSSR count). The molecular formula is C16H13O2. The lowest BCUT2D eigenvalue weighted by Gasteiger charge is -2.09. The molecule has 2 aromatic carbocycles. The van der Waals surface area contributed by atoms with Gasteiger partial charge in [-0.2, -0.15) is 0 Å². The van der Waals surface area contributed by atoms with E-state index in [4.69, 9.17) is 15.9 Å². The van der Waals surface area contributed by atoms with Gasteiger partial charge < -0.3 is 9.47 Å². The molecule has 0 spiro atoms. The highest BCUT2D eigenvalue weighted by atomic mass is 16.5. The zero-order valence-electron chi connectivity index (χ0n) is 10.1. The molecule has 0 bridgehead atoms. The molecule has 0 unspecified atom stereocenters. The molecule has 0 aliphatic carbocycles. The van der Waals surface area contributed by atoms with Gasteiger partial charge in [-0.3, -0.25) is 0 Å². The topological polar surface area (TPSA) is 18.5 Å². The van der Waals surface area contributed by atoms with Crippen LogP contribution in [0.25, 0.3) is 0 Å². The summed E-state index contributed by atoms with van der Waals surface area (Å²) in [5, 5.41) is 0. The molecule has 0 aliphatic rings. The van der Waals surface area contributed by atoms with Crippen LogP contribution in [0.3, 0.4) is 0 Å². The van der Waals surface area contributed by atoms with Gasteiger partial charge in [-0.25, -0.2) is 0 Å². The normalized spacial score (nSPS) is 9.56. The van der Waals surface area contributed by atoms with Crippen molar-refractivity contribution in [2.24, 2.45) is 0 Å². The molecule has 89 valence electrons. The predicted octanol–water partition coefficient (Wildman–Crippen LogP) is 3.67. The van der Waals surface area contributed by atoms with Gasteiger partial charge in [-0.15, -0.1) is 6.42 Å². The summed E-state index contributed by atoms with van der Waals surface area (Å²) in [4.78, 5) is 0. The van der Waals surface area contributed by atoms with Crippen molar-refractivity contribution >= 4 is 0 Å². The van der Waals surface area contributed by atoms with Crippen molar-refractivity contribution in [1.82, 2.24) is 0 Å². The summed E-state index contributed by atoms with van der Waals surface area (Å²) < 4.78 is 11.0. The zero-order chi connectivity index (χ0) is 12.8. The SMILES string of the molecule is C#C[CH]c1cc(OC)cc(Oc2ccccc2)c1. The highest BCUT2D eigenvalue weighted by Crippen LogP contribution is 2.27. The third kappa shape index (κ3) is 3.05. The lowest BCUT2D eigenvalue weighted by atomic mass is 10.1. The number of methoxy groups -OCH3 is 1. The maximum Gasteiger partial charge on any atom is 0.131 e. The number of rotatable bonds is 4. The van der Waals surface area contributed by atoms with Crippen molar-refractivity contribution in [3.63, 3.8) is 0 Å². The minimum Gasteiger partial charge on any atom is -0.497 e. The molecule has 1 radical (unpaired) electrons. The van der Waals surface area contributed by atoms with Crippen molar-refractivity contribution in [3.8, 4) is 29.6 Å². The van der Waals surface area contributed by atoms with E-state index in [1.807, 2.05) is 48.5 Å². The van der Waals surface area contributed by atoms with Crippen LogP contribution in [0.4, 0.5) is 0 Å². The minimum absolute atomic E-state index is 0.696. The Hall–Kier alpha value is -2.40. The number of benzene rings is 2. The second-order valence-electron chi connectivity index (χ2n) is 3.67. The molecule has 0 N–H and O–H groups in total. The summed E-state index contributed by atoms with van der Waals surface area (Å²) in [7, 11) is 1.61. The molecule has 0 heterocycles. The lowest BCUT2D eigenvalue weighted by molar-refractivity contribution is 0.408. The van der Waals surface area contributed by atoms with Crippen LogP contribution in [0.5, 0.6) is 17.2 Å². The molecule has 0 atom stereocenters. The van der Waals surface area contributed by atoms with E-state index in [0.717, 1.165) is 11.3 Å². The van der Waals surface area contributed by atoms with Crippen molar-refractivity contribution in [1.29, 1.82) is 0 Å². The number of terminal acetylenes is 1. The summed E-state index contributed by atoms with van der Waals surface area (Å²) in [5.74, 6) is 4.67. The quantitative estimate of drug-likeness (QED) is 0.755. The van der Waals surface area contributed by atoms with Crippen molar-refractivity contribution in [2.45, 2.75) is 0 Å². The average Bonchev–Trinajstić information content (AvgIpc) is 2.40. The molecule has 2 heteroatoms. The van der Waals surface area contributed by atoms with Crippen molar-refractivity contribution in [3.05, 3.63) is 60.5 Å². The molecule has 0 saturated carbocycles. The van der Waals surface area contributed by atoms with E-state index in [-0.39, 0.29) is 0 Å². The Morgan fingerprint density at radius 1 is 1.00 bits per heavy atom. The maximum absolute atomic E-state index is 5.74. The summed E-state index contributed by atoms with van der Waals surface area (Å²) >= 11 is 0. The largest absolute Gasteiger partial charge is 0.497 e. The lowest BCUT2D eigenvalue weighted by Crippen LogP contribution is -1.90. The van der Waals surface area contributed by atoms with Gasteiger partial charge in [0.2, 0.25) is 0 Å². The molecule has 0 amide bonds. The van der Waals surface area contributed by atoms with Crippen LogP contribution >= 0.6 is 0 Å². The first kappa shape index (κ1) is 12.1. The van der Waals surface area contributed by atoms with Crippen molar-refractivity contribution < 1.29 is 9.47 Å². The van der Waals surface area contributed by atoms with Crippen LogP contribution in [-0.4, -0.2) is 7.11 Å². The zero-order valence-corrected chi connectivity index (χ0v) is 10.1. The van der Waals surface area contributed by atoms with Crippen LogP contribution in [0.1, 0.15) is 5.56 Å². The maximum atomic E-state index is 5.74. The molecule has 0 fully saturated rings. The molecule has 18 heavy (non-hydrogen) atoms. The molecule has 2 aromatic rings. The number of ether oxygens (including phenoxy) is 2. The van der Waals surface area contributed by atoms with Gasteiger partial charge in [-0.05, 0) is 29.8 Å². The molecular weight excluding hydrogens is 224 g/mol. The van der Waals surface area contributed by atoms with E-state index in [1.165, 1.54) is 0 Å². The molecule has 0 saturated heterocycles. The average molecular weight is 237 g/mol. The van der Waals surface area contributed by atoms with Gasteiger partial charge in [0.1, 0.15) is 17.2 Å². The van der Waals surface area contributed by atoms with Crippen LogP contribution in [-0.2, 0) is 0 Å².